The lowest BCUT2D eigenvalue weighted by atomic mass is 10.1. The van der Waals surface area contributed by atoms with Crippen molar-refractivity contribution in [3.05, 3.63) is 41.6 Å². The van der Waals surface area contributed by atoms with E-state index in [1.54, 1.807) is 11.0 Å². The van der Waals surface area contributed by atoms with Gasteiger partial charge in [-0.3, -0.25) is 9.59 Å². The smallest absolute Gasteiger partial charge is 0.270 e. The molecular formula is C16H21N3O2. The topological polar surface area (TPSA) is 52.7 Å². The second-order valence-corrected chi connectivity index (χ2v) is 5.25. The molecule has 1 heterocycles. The van der Waals surface area contributed by atoms with E-state index in [4.69, 9.17) is 0 Å². The first-order chi connectivity index (χ1) is 10.1. The van der Waals surface area contributed by atoms with E-state index in [1.165, 1.54) is 6.92 Å². The van der Waals surface area contributed by atoms with Gasteiger partial charge < -0.3 is 15.1 Å². The molecule has 1 N–H and O–H groups in total. The molecule has 1 fully saturated rings. The summed E-state index contributed by atoms with van der Waals surface area (Å²) in [4.78, 5) is 27.9. The number of carbonyl (C=O) groups excluding carboxylic acids is 2. The highest BCUT2D eigenvalue weighted by Crippen LogP contribution is 2.09. The summed E-state index contributed by atoms with van der Waals surface area (Å²) in [6.07, 6.45) is 1.72. The molecule has 112 valence electrons. The Morgan fingerprint density at radius 1 is 1.10 bits per heavy atom. The Bertz CT molecular complexity index is 532. The molecule has 1 aliphatic rings. The third-order valence-electron chi connectivity index (χ3n) is 3.44. The van der Waals surface area contributed by atoms with Crippen LogP contribution in [0.4, 0.5) is 0 Å². The highest BCUT2D eigenvalue weighted by molar-refractivity contribution is 6.00. The van der Waals surface area contributed by atoms with Crippen molar-refractivity contribution in [1.29, 1.82) is 0 Å². The van der Waals surface area contributed by atoms with Gasteiger partial charge in [0.1, 0.15) is 5.70 Å². The number of carbonyl (C=O) groups is 2. The van der Waals surface area contributed by atoms with Gasteiger partial charge in [0.05, 0.1) is 0 Å². The molecule has 0 aromatic heterocycles. The Hall–Kier alpha value is -2.14. The number of nitrogens with zero attached hydrogens (tertiary/aromatic N) is 2. The summed E-state index contributed by atoms with van der Waals surface area (Å²) >= 11 is 0. The number of piperazine rings is 1. The van der Waals surface area contributed by atoms with E-state index in [1.807, 2.05) is 37.4 Å². The fourth-order valence-electron chi connectivity index (χ4n) is 2.24. The molecule has 1 aromatic carbocycles. The minimum absolute atomic E-state index is 0.123. The van der Waals surface area contributed by atoms with E-state index in [9.17, 15) is 9.59 Å². The average Bonchev–Trinajstić information content (AvgIpc) is 2.47. The van der Waals surface area contributed by atoms with Gasteiger partial charge >= 0.3 is 0 Å². The van der Waals surface area contributed by atoms with Crippen LogP contribution in [0.1, 0.15) is 12.5 Å². The van der Waals surface area contributed by atoms with Gasteiger partial charge in [-0.25, -0.2) is 0 Å². The Kier molecular flexibility index (Phi) is 5.11. The third kappa shape index (κ3) is 4.43. The van der Waals surface area contributed by atoms with Crippen LogP contribution in [0.5, 0.6) is 0 Å². The van der Waals surface area contributed by atoms with E-state index < -0.39 is 0 Å². The molecule has 0 unspecified atom stereocenters. The zero-order valence-electron chi connectivity index (χ0n) is 12.5. The molecule has 1 saturated heterocycles. The van der Waals surface area contributed by atoms with Crippen LogP contribution in [0.15, 0.2) is 36.0 Å². The second kappa shape index (κ2) is 7.04. The second-order valence-electron chi connectivity index (χ2n) is 5.25. The van der Waals surface area contributed by atoms with E-state index in [0.29, 0.717) is 18.8 Å². The maximum absolute atomic E-state index is 12.6. The predicted octanol–water partition coefficient (Wildman–Crippen LogP) is 0.938. The van der Waals surface area contributed by atoms with Gasteiger partial charge in [0.2, 0.25) is 5.91 Å². The summed E-state index contributed by atoms with van der Waals surface area (Å²) in [5.74, 6) is -0.359. The lowest BCUT2D eigenvalue weighted by Crippen LogP contribution is -2.49. The molecule has 0 bridgehead atoms. The van der Waals surface area contributed by atoms with E-state index in [-0.39, 0.29) is 11.8 Å². The van der Waals surface area contributed by atoms with Crippen molar-refractivity contribution in [3.8, 4) is 0 Å². The minimum atomic E-state index is -0.236. The summed E-state index contributed by atoms with van der Waals surface area (Å²) in [7, 11) is 2.04. The van der Waals surface area contributed by atoms with E-state index in [0.717, 1.165) is 18.7 Å². The van der Waals surface area contributed by atoms with Gasteiger partial charge in [0, 0.05) is 33.1 Å². The lowest BCUT2D eigenvalue weighted by Gasteiger charge is -2.32. The summed E-state index contributed by atoms with van der Waals surface area (Å²) < 4.78 is 0. The SMILES string of the molecule is CC(=O)NC(=Cc1ccccc1)C(=O)N1CCN(C)CC1. The van der Waals surface area contributed by atoms with Crippen LogP contribution in [-0.2, 0) is 9.59 Å². The molecule has 0 saturated carbocycles. The molecule has 5 nitrogen and oxygen atoms in total. The first kappa shape index (κ1) is 15.3. The first-order valence-corrected chi connectivity index (χ1v) is 7.08. The number of hydrogen-bond acceptors (Lipinski definition) is 3. The van der Waals surface area contributed by atoms with Crippen molar-refractivity contribution in [3.63, 3.8) is 0 Å². The Morgan fingerprint density at radius 3 is 2.29 bits per heavy atom. The Morgan fingerprint density at radius 2 is 1.71 bits per heavy atom. The third-order valence-corrected chi connectivity index (χ3v) is 3.44. The maximum atomic E-state index is 12.6. The molecule has 5 heteroatoms. The fraction of sp³-hybridized carbons (Fsp3) is 0.375. The predicted molar refractivity (Wildman–Crippen MR) is 82.3 cm³/mol. The molecular weight excluding hydrogens is 266 g/mol. The van der Waals surface area contributed by atoms with Gasteiger partial charge in [0.15, 0.2) is 0 Å². The molecule has 0 radical (unpaired) electrons. The quantitative estimate of drug-likeness (QED) is 0.842. The summed E-state index contributed by atoms with van der Waals surface area (Å²) in [5.41, 5.74) is 1.22. The molecule has 0 aliphatic carbocycles. The Balaban J connectivity index is 2.17. The molecule has 2 amide bonds. The van der Waals surface area contributed by atoms with Gasteiger partial charge in [-0.15, -0.1) is 0 Å². The minimum Gasteiger partial charge on any atom is -0.335 e. The van der Waals surface area contributed by atoms with E-state index in [2.05, 4.69) is 10.2 Å². The number of benzene rings is 1. The van der Waals surface area contributed by atoms with Gasteiger partial charge in [-0.05, 0) is 18.7 Å². The fourth-order valence-corrected chi connectivity index (χ4v) is 2.24. The van der Waals surface area contributed by atoms with Crippen molar-refractivity contribution in [2.24, 2.45) is 0 Å². The summed E-state index contributed by atoms with van der Waals surface area (Å²) in [5, 5.41) is 2.65. The van der Waals surface area contributed by atoms with Gasteiger partial charge in [-0.1, -0.05) is 30.3 Å². The number of nitrogens with one attached hydrogen (secondary N) is 1. The van der Waals surface area contributed by atoms with Crippen LogP contribution in [0, 0.1) is 0 Å². The number of likely N-dealkylation sites (N-methyl/N-ethyl adjacent to an activating group) is 1. The highest BCUT2D eigenvalue weighted by atomic mass is 16.2. The van der Waals surface area contributed by atoms with Crippen molar-refractivity contribution < 1.29 is 9.59 Å². The van der Waals surface area contributed by atoms with Gasteiger partial charge in [0.25, 0.3) is 5.91 Å². The summed E-state index contributed by atoms with van der Waals surface area (Å²) in [6, 6.07) is 9.52. The number of rotatable bonds is 3. The largest absolute Gasteiger partial charge is 0.335 e. The van der Waals surface area contributed by atoms with E-state index >= 15 is 0 Å². The molecule has 21 heavy (non-hydrogen) atoms. The van der Waals surface area contributed by atoms with Crippen molar-refractivity contribution in [1.82, 2.24) is 15.1 Å². The molecule has 0 spiro atoms. The zero-order chi connectivity index (χ0) is 15.2. The lowest BCUT2D eigenvalue weighted by molar-refractivity contribution is -0.130. The number of hydrogen-bond donors (Lipinski definition) is 1. The van der Waals surface area contributed by atoms with Crippen molar-refractivity contribution in [2.75, 3.05) is 33.2 Å². The highest BCUT2D eigenvalue weighted by Gasteiger charge is 2.22. The van der Waals surface area contributed by atoms with Crippen LogP contribution in [0.25, 0.3) is 6.08 Å². The van der Waals surface area contributed by atoms with Crippen LogP contribution >= 0.6 is 0 Å². The zero-order valence-corrected chi connectivity index (χ0v) is 12.5. The average molecular weight is 287 g/mol. The van der Waals surface area contributed by atoms with Crippen molar-refractivity contribution in [2.45, 2.75) is 6.92 Å². The molecule has 1 aromatic rings. The normalized spacial score (nSPS) is 16.7. The molecule has 1 aliphatic heterocycles. The standard InChI is InChI=1S/C16H21N3O2/c1-13(20)17-15(12-14-6-4-3-5-7-14)16(21)19-10-8-18(2)9-11-19/h3-7,12H,8-11H2,1-2H3,(H,17,20). The number of amides is 2. The van der Waals surface area contributed by atoms with Crippen molar-refractivity contribution >= 4 is 17.9 Å². The van der Waals surface area contributed by atoms with Crippen LogP contribution in [0.2, 0.25) is 0 Å². The van der Waals surface area contributed by atoms with Gasteiger partial charge in [-0.2, -0.15) is 0 Å². The Labute approximate surface area is 125 Å². The van der Waals surface area contributed by atoms with Crippen LogP contribution in [0.3, 0.4) is 0 Å². The molecule has 0 atom stereocenters. The molecule has 2 rings (SSSR count). The maximum Gasteiger partial charge on any atom is 0.270 e. The first-order valence-electron chi connectivity index (χ1n) is 7.08. The van der Waals surface area contributed by atoms with Crippen LogP contribution < -0.4 is 5.32 Å². The summed E-state index contributed by atoms with van der Waals surface area (Å²) in [6.45, 7) is 4.48. The van der Waals surface area contributed by atoms with Crippen LogP contribution in [-0.4, -0.2) is 54.8 Å². The monoisotopic (exact) mass is 287 g/mol.